The lowest BCUT2D eigenvalue weighted by Crippen LogP contribution is -2.14. The van der Waals surface area contributed by atoms with Crippen molar-refractivity contribution in [2.45, 2.75) is 13.3 Å². The number of hydrogen-bond donors (Lipinski definition) is 3. The zero-order valence-electron chi connectivity index (χ0n) is 9.40. The van der Waals surface area contributed by atoms with Gasteiger partial charge < -0.3 is 11.1 Å². The van der Waals surface area contributed by atoms with Gasteiger partial charge in [0, 0.05) is 6.42 Å². The van der Waals surface area contributed by atoms with Crippen molar-refractivity contribution in [3.05, 3.63) is 35.9 Å². The molecular formula is C11H13N5O. The first-order valence-corrected chi connectivity index (χ1v) is 5.28. The molecule has 1 amide bonds. The zero-order valence-corrected chi connectivity index (χ0v) is 9.40. The second-order valence-electron chi connectivity index (χ2n) is 3.50. The van der Waals surface area contributed by atoms with Crippen LogP contribution < -0.4 is 11.1 Å². The molecule has 2 aromatic rings. The van der Waals surface area contributed by atoms with Crippen molar-refractivity contribution in [2.24, 2.45) is 0 Å². The number of nitrogens with zero attached hydrogens (tertiary/aromatic N) is 2. The Hall–Kier alpha value is -2.37. The molecule has 0 spiro atoms. The van der Waals surface area contributed by atoms with Gasteiger partial charge in [-0.1, -0.05) is 19.1 Å². The van der Waals surface area contributed by atoms with Crippen molar-refractivity contribution in [2.75, 3.05) is 11.1 Å². The van der Waals surface area contributed by atoms with Crippen LogP contribution in [0.4, 0.5) is 11.4 Å². The minimum atomic E-state index is -0.376. The van der Waals surface area contributed by atoms with Crippen LogP contribution in [0.25, 0.3) is 0 Å². The number of nitrogens with one attached hydrogen (secondary N) is 2. The molecule has 0 radical (unpaired) electrons. The van der Waals surface area contributed by atoms with Crippen molar-refractivity contribution >= 4 is 17.3 Å². The molecule has 88 valence electrons. The number of para-hydroxylation sites is 2. The van der Waals surface area contributed by atoms with Crippen LogP contribution in [0.2, 0.25) is 0 Å². The molecule has 6 nitrogen and oxygen atoms in total. The summed E-state index contributed by atoms with van der Waals surface area (Å²) in [5.41, 5.74) is 6.78. The fourth-order valence-corrected chi connectivity index (χ4v) is 1.34. The molecule has 1 heterocycles. The molecule has 0 saturated carbocycles. The van der Waals surface area contributed by atoms with Gasteiger partial charge in [0.15, 0.2) is 0 Å². The largest absolute Gasteiger partial charge is 0.397 e. The molecule has 2 rings (SSSR count). The summed E-state index contributed by atoms with van der Waals surface area (Å²) in [6.45, 7) is 1.93. The Labute approximate surface area is 98.3 Å². The van der Waals surface area contributed by atoms with Crippen LogP contribution in [0.1, 0.15) is 23.4 Å². The van der Waals surface area contributed by atoms with Gasteiger partial charge in [-0.2, -0.15) is 0 Å². The van der Waals surface area contributed by atoms with Crippen LogP contribution >= 0.6 is 0 Å². The van der Waals surface area contributed by atoms with E-state index < -0.39 is 0 Å². The molecule has 4 N–H and O–H groups in total. The number of hydrogen-bond acceptors (Lipinski definition) is 4. The quantitative estimate of drug-likeness (QED) is 0.691. The summed E-state index contributed by atoms with van der Waals surface area (Å²) < 4.78 is 0. The van der Waals surface area contributed by atoms with Gasteiger partial charge in [-0.25, -0.2) is 4.98 Å². The van der Waals surface area contributed by atoms with Crippen molar-refractivity contribution in [1.82, 2.24) is 15.2 Å². The highest BCUT2D eigenvalue weighted by atomic mass is 16.2. The summed E-state index contributed by atoms with van der Waals surface area (Å²) >= 11 is 0. The van der Waals surface area contributed by atoms with E-state index in [1.54, 1.807) is 24.3 Å². The van der Waals surface area contributed by atoms with Gasteiger partial charge in [0.1, 0.15) is 5.82 Å². The second kappa shape index (κ2) is 4.65. The normalized spacial score (nSPS) is 10.2. The summed E-state index contributed by atoms with van der Waals surface area (Å²) in [5.74, 6) is 0.417. The summed E-state index contributed by atoms with van der Waals surface area (Å²) in [6.07, 6.45) is 0.702. The van der Waals surface area contributed by atoms with Crippen molar-refractivity contribution in [1.29, 1.82) is 0 Å². The average molecular weight is 231 g/mol. The lowest BCUT2D eigenvalue weighted by molar-refractivity contribution is 0.101. The Morgan fingerprint density at radius 3 is 2.88 bits per heavy atom. The number of nitrogens with two attached hydrogens (primary N) is 1. The molecule has 1 aromatic carbocycles. The molecule has 0 aliphatic heterocycles. The maximum atomic E-state index is 11.8. The van der Waals surface area contributed by atoms with E-state index in [1.165, 1.54) is 0 Å². The number of carbonyl (C=O) groups is 1. The summed E-state index contributed by atoms with van der Waals surface area (Å²) in [5, 5.41) is 9.16. The van der Waals surface area contributed by atoms with Gasteiger partial charge in [-0.05, 0) is 12.1 Å². The number of H-pyrrole nitrogens is 1. The zero-order chi connectivity index (χ0) is 12.3. The molecule has 0 aliphatic rings. The second-order valence-corrected chi connectivity index (χ2v) is 3.50. The van der Waals surface area contributed by atoms with E-state index in [9.17, 15) is 4.79 Å². The van der Waals surface area contributed by atoms with Crippen molar-refractivity contribution < 1.29 is 4.79 Å². The van der Waals surface area contributed by atoms with E-state index in [4.69, 9.17) is 5.73 Å². The Balaban J connectivity index is 2.14. The van der Waals surface area contributed by atoms with E-state index in [1.807, 2.05) is 6.92 Å². The average Bonchev–Trinajstić information content (AvgIpc) is 2.81. The topological polar surface area (TPSA) is 96.7 Å². The minimum Gasteiger partial charge on any atom is -0.397 e. The van der Waals surface area contributed by atoms with Gasteiger partial charge in [0.25, 0.3) is 5.91 Å². The minimum absolute atomic E-state index is 0.116. The molecule has 0 unspecified atom stereocenters. The highest BCUT2D eigenvalue weighted by molar-refractivity contribution is 6.03. The number of nitrogen functional groups attached to an aromatic ring is 1. The molecule has 17 heavy (non-hydrogen) atoms. The Kier molecular flexibility index (Phi) is 3.04. The summed E-state index contributed by atoms with van der Waals surface area (Å²) in [6, 6.07) is 7.03. The third-order valence-corrected chi connectivity index (χ3v) is 2.28. The van der Waals surface area contributed by atoms with Gasteiger partial charge in [-0.15, -0.1) is 5.10 Å². The van der Waals surface area contributed by atoms with Crippen LogP contribution in [0.5, 0.6) is 0 Å². The van der Waals surface area contributed by atoms with Gasteiger partial charge in [0.2, 0.25) is 5.82 Å². The van der Waals surface area contributed by atoms with E-state index >= 15 is 0 Å². The van der Waals surface area contributed by atoms with Crippen LogP contribution in [-0.2, 0) is 6.42 Å². The lowest BCUT2D eigenvalue weighted by Gasteiger charge is -2.04. The Bertz CT molecular complexity index is 534. The first kappa shape index (κ1) is 11.1. The third kappa shape index (κ3) is 2.41. The Morgan fingerprint density at radius 2 is 2.24 bits per heavy atom. The van der Waals surface area contributed by atoms with E-state index in [0.717, 1.165) is 0 Å². The summed E-state index contributed by atoms with van der Waals surface area (Å²) in [7, 11) is 0. The SMILES string of the molecule is CCc1nc(C(=O)Nc2ccccc2N)n[nH]1. The lowest BCUT2D eigenvalue weighted by atomic mass is 10.2. The smallest absolute Gasteiger partial charge is 0.295 e. The predicted molar refractivity (Wildman–Crippen MR) is 64.6 cm³/mol. The molecule has 0 saturated heterocycles. The molecular weight excluding hydrogens is 218 g/mol. The van der Waals surface area contributed by atoms with E-state index in [-0.39, 0.29) is 11.7 Å². The number of aromatic amines is 1. The first-order valence-electron chi connectivity index (χ1n) is 5.28. The molecule has 0 bridgehead atoms. The number of aromatic nitrogens is 3. The highest BCUT2D eigenvalue weighted by Gasteiger charge is 2.12. The molecule has 0 atom stereocenters. The Morgan fingerprint density at radius 1 is 1.47 bits per heavy atom. The molecule has 0 aliphatic carbocycles. The van der Waals surface area contributed by atoms with Crippen molar-refractivity contribution in [3.63, 3.8) is 0 Å². The van der Waals surface area contributed by atoms with E-state index in [2.05, 4.69) is 20.5 Å². The number of anilines is 2. The number of amides is 1. The summed E-state index contributed by atoms with van der Waals surface area (Å²) in [4.78, 5) is 15.8. The fraction of sp³-hybridized carbons (Fsp3) is 0.182. The number of benzene rings is 1. The maximum absolute atomic E-state index is 11.8. The first-order chi connectivity index (χ1) is 8.20. The monoisotopic (exact) mass is 231 g/mol. The van der Waals surface area contributed by atoms with Gasteiger partial charge in [0.05, 0.1) is 11.4 Å². The standard InChI is InChI=1S/C11H13N5O/c1-2-9-14-10(16-15-9)11(17)13-8-6-4-3-5-7(8)12/h3-6H,2,12H2,1H3,(H,13,17)(H,14,15,16). The number of aryl methyl sites for hydroxylation is 1. The van der Waals surface area contributed by atoms with Crippen molar-refractivity contribution in [3.8, 4) is 0 Å². The third-order valence-electron chi connectivity index (χ3n) is 2.28. The predicted octanol–water partition coefficient (Wildman–Crippen LogP) is 1.20. The molecule has 6 heteroatoms. The fourth-order valence-electron chi connectivity index (χ4n) is 1.34. The van der Waals surface area contributed by atoms with Crippen LogP contribution in [0, 0.1) is 0 Å². The molecule has 0 fully saturated rings. The number of rotatable bonds is 3. The van der Waals surface area contributed by atoms with Crippen LogP contribution in [0.15, 0.2) is 24.3 Å². The van der Waals surface area contributed by atoms with Crippen LogP contribution in [-0.4, -0.2) is 21.1 Å². The van der Waals surface area contributed by atoms with Crippen LogP contribution in [0.3, 0.4) is 0 Å². The van der Waals surface area contributed by atoms with E-state index in [0.29, 0.717) is 23.6 Å². The maximum Gasteiger partial charge on any atom is 0.295 e. The van der Waals surface area contributed by atoms with Gasteiger partial charge >= 0.3 is 0 Å². The molecule has 1 aromatic heterocycles. The van der Waals surface area contributed by atoms with Gasteiger partial charge in [-0.3, -0.25) is 9.89 Å². The number of carbonyl (C=O) groups excluding carboxylic acids is 1. The highest BCUT2D eigenvalue weighted by Crippen LogP contribution is 2.17.